The van der Waals surface area contributed by atoms with Crippen LogP contribution in [0, 0.1) is 0 Å². The van der Waals surface area contributed by atoms with Crippen molar-refractivity contribution in [1.82, 2.24) is 19.9 Å². The Morgan fingerprint density at radius 3 is 2.37 bits per heavy atom. The quantitative estimate of drug-likeness (QED) is 0.687. The first-order chi connectivity index (χ1) is 12.7. The molecule has 0 saturated carbocycles. The summed E-state index contributed by atoms with van der Waals surface area (Å²) < 4.78 is 37.7. The van der Waals surface area contributed by atoms with E-state index in [-0.39, 0.29) is 24.5 Å². The van der Waals surface area contributed by atoms with Crippen LogP contribution >= 0.6 is 0 Å². The zero-order valence-electron chi connectivity index (χ0n) is 15.4. The van der Waals surface area contributed by atoms with Crippen molar-refractivity contribution in [3.05, 3.63) is 18.0 Å². The van der Waals surface area contributed by atoms with Gasteiger partial charge in [0, 0.05) is 57.7 Å². The minimum Gasteiger partial charge on any atom is -0.337 e. The molecule has 1 aromatic heterocycles. The van der Waals surface area contributed by atoms with E-state index in [1.54, 1.807) is 14.9 Å². The third-order valence-electron chi connectivity index (χ3n) is 4.10. The van der Waals surface area contributed by atoms with Crippen molar-refractivity contribution < 1.29 is 22.8 Å². The number of nitrogens with zero attached hydrogens (tertiary/aromatic N) is 5. The number of carbonyl (C=O) groups is 1. The Bertz CT molecular complexity index is 603. The standard InChI is InChI=1S/C16H25F3N6O2/c1-3-25(10-12(2)20)27-11-14(26)23-4-6-24(7-5-23)15-21-8-13(9-22-15)16(17,18)19/h8-9,12H,3-7,10-11,20H2,1-2H3/t12-/m0/s1. The molecule has 2 rings (SSSR count). The lowest BCUT2D eigenvalue weighted by Crippen LogP contribution is -2.50. The van der Waals surface area contributed by atoms with Crippen molar-refractivity contribution in [3.63, 3.8) is 0 Å². The van der Waals surface area contributed by atoms with E-state index in [1.165, 1.54) is 0 Å². The summed E-state index contributed by atoms with van der Waals surface area (Å²) in [5.74, 6) is 0.0755. The van der Waals surface area contributed by atoms with E-state index in [2.05, 4.69) is 9.97 Å². The molecule has 1 fully saturated rings. The Hall–Kier alpha value is -1.98. The Morgan fingerprint density at radius 1 is 1.30 bits per heavy atom. The van der Waals surface area contributed by atoms with Crippen LogP contribution in [0.4, 0.5) is 19.1 Å². The molecule has 1 saturated heterocycles. The molecule has 1 aliphatic rings. The number of hydroxylamine groups is 2. The summed E-state index contributed by atoms with van der Waals surface area (Å²) in [5, 5.41) is 1.65. The van der Waals surface area contributed by atoms with Crippen molar-refractivity contribution in [3.8, 4) is 0 Å². The smallest absolute Gasteiger partial charge is 0.337 e. The lowest BCUT2D eigenvalue weighted by Gasteiger charge is -2.35. The summed E-state index contributed by atoms with van der Waals surface area (Å²) in [6.07, 6.45) is -2.92. The molecular weight excluding hydrogens is 365 g/mol. The van der Waals surface area contributed by atoms with Gasteiger partial charge in [0.05, 0.1) is 5.56 Å². The van der Waals surface area contributed by atoms with Crippen LogP contribution < -0.4 is 10.6 Å². The highest BCUT2D eigenvalue weighted by Crippen LogP contribution is 2.28. The first-order valence-corrected chi connectivity index (χ1v) is 8.76. The summed E-state index contributed by atoms with van der Waals surface area (Å²) in [5.41, 5.74) is 4.84. The lowest BCUT2D eigenvalue weighted by molar-refractivity contribution is -0.176. The van der Waals surface area contributed by atoms with Gasteiger partial charge in [0.1, 0.15) is 6.61 Å². The molecular formula is C16H25F3N6O2. The van der Waals surface area contributed by atoms with Crippen molar-refractivity contribution in [1.29, 1.82) is 0 Å². The number of carbonyl (C=O) groups excluding carboxylic acids is 1. The van der Waals surface area contributed by atoms with Crippen LogP contribution in [-0.2, 0) is 15.8 Å². The van der Waals surface area contributed by atoms with E-state index in [0.29, 0.717) is 39.3 Å². The minimum absolute atomic E-state index is 0.0627. The zero-order chi connectivity index (χ0) is 20.0. The van der Waals surface area contributed by atoms with Crippen molar-refractivity contribution >= 4 is 11.9 Å². The number of aromatic nitrogens is 2. The van der Waals surface area contributed by atoms with Gasteiger partial charge in [0.25, 0.3) is 5.91 Å². The first-order valence-electron chi connectivity index (χ1n) is 8.76. The number of hydrogen-bond donors (Lipinski definition) is 1. The highest BCUT2D eigenvalue weighted by molar-refractivity contribution is 5.77. The summed E-state index contributed by atoms with van der Waals surface area (Å²) in [4.78, 5) is 28.7. The van der Waals surface area contributed by atoms with Crippen molar-refractivity contribution in [2.45, 2.75) is 26.1 Å². The molecule has 152 valence electrons. The fraction of sp³-hybridized carbons (Fsp3) is 0.688. The summed E-state index contributed by atoms with van der Waals surface area (Å²) in [6, 6.07) is -0.0627. The zero-order valence-corrected chi connectivity index (χ0v) is 15.4. The van der Waals surface area contributed by atoms with Gasteiger partial charge in [-0.15, -0.1) is 0 Å². The van der Waals surface area contributed by atoms with Gasteiger partial charge in [0.2, 0.25) is 5.95 Å². The predicted molar refractivity (Wildman–Crippen MR) is 92.7 cm³/mol. The van der Waals surface area contributed by atoms with Gasteiger partial charge in [0.15, 0.2) is 0 Å². The first kappa shape index (κ1) is 21.3. The molecule has 0 aromatic carbocycles. The highest BCUT2D eigenvalue weighted by Gasteiger charge is 2.32. The molecule has 0 aliphatic carbocycles. The molecule has 1 atom stereocenters. The van der Waals surface area contributed by atoms with Crippen LogP contribution in [0.5, 0.6) is 0 Å². The third kappa shape index (κ3) is 6.29. The monoisotopic (exact) mass is 390 g/mol. The number of piperazine rings is 1. The van der Waals surface area contributed by atoms with Crippen LogP contribution in [0.15, 0.2) is 12.4 Å². The SMILES string of the molecule is CCN(C[C@H](C)N)OCC(=O)N1CCN(c2ncc(C(F)(F)F)cn2)CC1. The molecule has 8 nitrogen and oxygen atoms in total. The van der Waals surface area contributed by atoms with Gasteiger partial charge < -0.3 is 15.5 Å². The van der Waals surface area contributed by atoms with E-state index in [9.17, 15) is 18.0 Å². The Labute approximate surface area is 156 Å². The molecule has 1 amide bonds. The van der Waals surface area contributed by atoms with E-state index in [1.807, 2.05) is 13.8 Å². The number of alkyl halides is 3. The van der Waals surface area contributed by atoms with Crippen LogP contribution in [0.25, 0.3) is 0 Å². The minimum atomic E-state index is -4.46. The van der Waals surface area contributed by atoms with Crippen LogP contribution in [0.3, 0.4) is 0 Å². The van der Waals surface area contributed by atoms with E-state index in [0.717, 1.165) is 12.4 Å². The molecule has 2 heterocycles. The van der Waals surface area contributed by atoms with Gasteiger partial charge in [-0.3, -0.25) is 9.63 Å². The van der Waals surface area contributed by atoms with E-state index >= 15 is 0 Å². The van der Waals surface area contributed by atoms with Crippen molar-refractivity contribution in [2.24, 2.45) is 5.73 Å². The maximum absolute atomic E-state index is 12.6. The lowest BCUT2D eigenvalue weighted by atomic mass is 10.3. The van der Waals surface area contributed by atoms with Gasteiger partial charge in [-0.05, 0) is 6.92 Å². The Morgan fingerprint density at radius 2 is 1.89 bits per heavy atom. The number of halogens is 3. The number of anilines is 1. The number of amides is 1. The summed E-state index contributed by atoms with van der Waals surface area (Å²) in [7, 11) is 0. The maximum atomic E-state index is 12.6. The molecule has 11 heteroatoms. The molecule has 0 bridgehead atoms. The molecule has 1 aliphatic heterocycles. The van der Waals surface area contributed by atoms with Crippen LogP contribution in [0.1, 0.15) is 19.4 Å². The second kappa shape index (κ2) is 9.29. The van der Waals surface area contributed by atoms with Crippen LogP contribution in [-0.4, -0.2) is 77.8 Å². The molecule has 0 spiro atoms. The summed E-state index contributed by atoms with van der Waals surface area (Å²) >= 11 is 0. The maximum Gasteiger partial charge on any atom is 0.419 e. The average molecular weight is 390 g/mol. The van der Waals surface area contributed by atoms with Crippen molar-refractivity contribution in [2.75, 3.05) is 50.8 Å². The number of likely N-dealkylation sites (N-methyl/N-ethyl adjacent to an activating group) is 1. The molecule has 0 unspecified atom stereocenters. The molecule has 1 aromatic rings. The second-order valence-corrected chi connectivity index (χ2v) is 6.37. The van der Waals surface area contributed by atoms with E-state index in [4.69, 9.17) is 10.6 Å². The highest BCUT2D eigenvalue weighted by atomic mass is 19.4. The van der Waals surface area contributed by atoms with Gasteiger partial charge in [-0.1, -0.05) is 6.92 Å². The second-order valence-electron chi connectivity index (χ2n) is 6.37. The Balaban J connectivity index is 1.81. The predicted octanol–water partition coefficient (Wildman–Crippen LogP) is 0.745. The fourth-order valence-electron chi connectivity index (χ4n) is 2.62. The largest absolute Gasteiger partial charge is 0.419 e. The molecule has 27 heavy (non-hydrogen) atoms. The fourth-order valence-corrected chi connectivity index (χ4v) is 2.62. The molecule has 2 N–H and O–H groups in total. The van der Waals surface area contributed by atoms with Gasteiger partial charge >= 0.3 is 6.18 Å². The Kier molecular flexibility index (Phi) is 7.33. The summed E-state index contributed by atoms with van der Waals surface area (Å²) in [6.45, 7) is 6.57. The normalized spacial score (nSPS) is 16.7. The number of nitrogens with two attached hydrogens (primary N) is 1. The van der Waals surface area contributed by atoms with E-state index < -0.39 is 11.7 Å². The topological polar surface area (TPSA) is 87.8 Å². The van der Waals surface area contributed by atoms with Crippen LogP contribution in [0.2, 0.25) is 0 Å². The number of rotatable bonds is 7. The average Bonchev–Trinajstić information content (AvgIpc) is 2.64. The third-order valence-corrected chi connectivity index (χ3v) is 4.10. The molecule has 0 radical (unpaired) electrons. The van der Waals surface area contributed by atoms with Gasteiger partial charge in [-0.2, -0.15) is 18.2 Å². The van der Waals surface area contributed by atoms with Gasteiger partial charge in [-0.25, -0.2) is 9.97 Å². The number of hydrogen-bond acceptors (Lipinski definition) is 7.